The minimum Gasteiger partial charge on any atom is -0.484 e. The number of morpholine rings is 1. The summed E-state index contributed by atoms with van der Waals surface area (Å²) in [7, 11) is -1.82. The van der Waals surface area contributed by atoms with Gasteiger partial charge in [0.1, 0.15) is 5.75 Å². The van der Waals surface area contributed by atoms with Crippen LogP contribution in [-0.2, 0) is 19.6 Å². The second-order valence-corrected chi connectivity index (χ2v) is 8.18. The maximum atomic E-state index is 11.8. The summed E-state index contributed by atoms with van der Waals surface area (Å²) in [6.45, 7) is 4.93. The Morgan fingerprint density at radius 2 is 1.92 bits per heavy atom. The molecule has 146 valence electrons. The SMILES string of the molecule is CN(c1ccc(OCC(=O)NCCCN2CCOCC2)cc1)S(C)(=O)=O. The first kappa shape index (κ1) is 20.5. The van der Waals surface area contributed by atoms with Crippen molar-refractivity contribution in [2.24, 2.45) is 0 Å². The lowest BCUT2D eigenvalue weighted by Gasteiger charge is -2.26. The van der Waals surface area contributed by atoms with Crippen LogP contribution >= 0.6 is 0 Å². The maximum absolute atomic E-state index is 11.8. The Morgan fingerprint density at radius 3 is 2.54 bits per heavy atom. The van der Waals surface area contributed by atoms with Gasteiger partial charge in [0.2, 0.25) is 10.0 Å². The second-order valence-electron chi connectivity index (χ2n) is 6.17. The highest BCUT2D eigenvalue weighted by Gasteiger charge is 2.12. The fourth-order valence-corrected chi connectivity index (χ4v) is 3.00. The van der Waals surface area contributed by atoms with E-state index in [0.717, 1.165) is 45.5 Å². The zero-order chi connectivity index (χ0) is 19.0. The molecule has 1 aliphatic heterocycles. The van der Waals surface area contributed by atoms with Gasteiger partial charge in [-0.05, 0) is 37.2 Å². The number of hydrogen-bond donors (Lipinski definition) is 1. The van der Waals surface area contributed by atoms with E-state index in [2.05, 4.69) is 10.2 Å². The van der Waals surface area contributed by atoms with E-state index >= 15 is 0 Å². The number of nitrogens with zero attached hydrogens (tertiary/aromatic N) is 2. The fourth-order valence-electron chi connectivity index (χ4n) is 2.50. The molecule has 1 aliphatic rings. The zero-order valence-electron chi connectivity index (χ0n) is 15.3. The van der Waals surface area contributed by atoms with E-state index in [0.29, 0.717) is 18.0 Å². The van der Waals surface area contributed by atoms with Crippen molar-refractivity contribution >= 4 is 21.6 Å². The molecule has 0 radical (unpaired) electrons. The summed E-state index contributed by atoms with van der Waals surface area (Å²) in [5, 5.41) is 2.83. The van der Waals surface area contributed by atoms with Crippen molar-refractivity contribution in [1.29, 1.82) is 0 Å². The highest BCUT2D eigenvalue weighted by molar-refractivity contribution is 7.92. The van der Waals surface area contributed by atoms with Crippen LogP contribution in [-0.4, -0.2) is 78.5 Å². The van der Waals surface area contributed by atoms with Gasteiger partial charge in [0.25, 0.3) is 5.91 Å². The van der Waals surface area contributed by atoms with Gasteiger partial charge in [-0.25, -0.2) is 8.42 Å². The van der Waals surface area contributed by atoms with Crippen molar-refractivity contribution in [3.8, 4) is 5.75 Å². The highest BCUT2D eigenvalue weighted by atomic mass is 32.2. The molecular formula is C17H27N3O5S. The van der Waals surface area contributed by atoms with Crippen LogP contribution in [0.15, 0.2) is 24.3 Å². The third-order valence-electron chi connectivity index (χ3n) is 4.14. The summed E-state index contributed by atoms with van der Waals surface area (Å²) < 4.78 is 34.9. The van der Waals surface area contributed by atoms with Crippen molar-refractivity contribution in [1.82, 2.24) is 10.2 Å². The number of amides is 1. The number of anilines is 1. The normalized spacial score (nSPS) is 15.5. The van der Waals surface area contributed by atoms with Crippen LogP contribution in [0.3, 0.4) is 0 Å². The number of carbonyl (C=O) groups is 1. The third-order valence-corrected chi connectivity index (χ3v) is 5.35. The molecule has 1 saturated heterocycles. The summed E-state index contributed by atoms with van der Waals surface area (Å²) >= 11 is 0. The summed E-state index contributed by atoms with van der Waals surface area (Å²) in [5.74, 6) is 0.337. The average molecular weight is 385 g/mol. The van der Waals surface area contributed by atoms with E-state index in [-0.39, 0.29) is 12.5 Å². The van der Waals surface area contributed by atoms with E-state index in [9.17, 15) is 13.2 Å². The predicted octanol–water partition coefficient (Wildman–Crippen LogP) is 0.300. The Labute approximate surface area is 155 Å². The molecule has 2 rings (SSSR count). The van der Waals surface area contributed by atoms with Gasteiger partial charge in [-0.2, -0.15) is 0 Å². The first-order valence-electron chi connectivity index (χ1n) is 8.60. The van der Waals surface area contributed by atoms with E-state index < -0.39 is 10.0 Å². The molecule has 8 nitrogen and oxygen atoms in total. The maximum Gasteiger partial charge on any atom is 0.257 e. The monoisotopic (exact) mass is 385 g/mol. The quantitative estimate of drug-likeness (QED) is 0.615. The summed E-state index contributed by atoms with van der Waals surface area (Å²) in [6.07, 6.45) is 2.03. The average Bonchev–Trinajstić information content (AvgIpc) is 2.63. The molecule has 0 unspecified atom stereocenters. The standard InChI is InChI=1S/C17H27N3O5S/c1-19(26(2,22)23)15-4-6-16(7-5-15)25-14-17(21)18-8-3-9-20-10-12-24-13-11-20/h4-7H,3,8-14H2,1-2H3,(H,18,21). The molecule has 1 fully saturated rings. The lowest BCUT2D eigenvalue weighted by atomic mass is 10.3. The number of sulfonamides is 1. The summed E-state index contributed by atoms with van der Waals surface area (Å²) in [4.78, 5) is 14.1. The van der Waals surface area contributed by atoms with Crippen LogP contribution in [0.2, 0.25) is 0 Å². The van der Waals surface area contributed by atoms with Crippen LogP contribution in [0.1, 0.15) is 6.42 Å². The lowest BCUT2D eigenvalue weighted by molar-refractivity contribution is -0.123. The van der Waals surface area contributed by atoms with E-state index in [1.54, 1.807) is 24.3 Å². The number of benzene rings is 1. The molecule has 0 saturated carbocycles. The number of rotatable bonds is 9. The van der Waals surface area contributed by atoms with Crippen molar-refractivity contribution in [3.05, 3.63) is 24.3 Å². The molecule has 0 atom stereocenters. The molecule has 0 aliphatic carbocycles. The molecule has 1 N–H and O–H groups in total. The Kier molecular flexibility index (Phi) is 7.67. The number of hydrogen-bond acceptors (Lipinski definition) is 6. The third kappa shape index (κ3) is 6.81. The Bertz CT molecular complexity index is 672. The summed E-state index contributed by atoms with van der Waals surface area (Å²) in [6, 6.07) is 6.55. The molecule has 0 bridgehead atoms. The van der Waals surface area contributed by atoms with Crippen LogP contribution in [0.5, 0.6) is 5.75 Å². The largest absolute Gasteiger partial charge is 0.484 e. The molecule has 9 heteroatoms. The Balaban J connectivity index is 1.65. The molecule has 1 aromatic carbocycles. The molecule has 1 aromatic rings. The smallest absolute Gasteiger partial charge is 0.257 e. The van der Waals surface area contributed by atoms with Gasteiger partial charge in [-0.15, -0.1) is 0 Å². The predicted molar refractivity (Wildman–Crippen MR) is 100 cm³/mol. The van der Waals surface area contributed by atoms with Gasteiger partial charge < -0.3 is 14.8 Å². The number of nitrogens with one attached hydrogen (secondary N) is 1. The van der Waals surface area contributed by atoms with E-state index in [1.807, 2.05) is 0 Å². The first-order chi connectivity index (χ1) is 12.4. The summed E-state index contributed by atoms with van der Waals surface area (Å²) in [5.41, 5.74) is 0.535. The minimum atomic E-state index is -3.30. The van der Waals surface area contributed by atoms with Crippen LogP contribution < -0.4 is 14.4 Å². The number of carbonyl (C=O) groups excluding carboxylic acids is 1. The zero-order valence-corrected chi connectivity index (χ0v) is 16.1. The van der Waals surface area contributed by atoms with E-state index in [4.69, 9.17) is 9.47 Å². The van der Waals surface area contributed by atoms with Crippen LogP contribution in [0.25, 0.3) is 0 Å². The topological polar surface area (TPSA) is 88.2 Å². The Morgan fingerprint density at radius 1 is 1.27 bits per heavy atom. The molecule has 0 aromatic heterocycles. The lowest BCUT2D eigenvalue weighted by Crippen LogP contribution is -2.38. The number of ether oxygens (including phenoxy) is 2. The van der Waals surface area contributed by atoms with E-state index in [1.165, 1.54) is 11.4 Å². The van der Waals surface area contributed by atoms with Gasteiger partial charge in [-0.3, -0.25) is 14.0 Å². The van der Waals surface area contributed by atoms with Gasteiger partial charge in [0.05, 0.1) is 25.2 Å². The molecular weight excluding hydrogens is 358 g/mol. The highest BCUT2D eigenvalue weighted by Crippen LogP contribution is 2.20. The molecule has 1 amide bonds. The van der Waals surface area contributed by atoms with Crippen molar-refractivity contribution < 1.29 is 22.7 Å². The van der Waals surface area contributed by atoms with Crippen molar-refractivity contribution in [2.45, 2.75) is 6.42 Å². The van der Waals surface area contributed by atoms with Gasteiger partial charge in [0, 0.05) is 26.7 Å². The van der Waals surface area contributed by atoms with Crippen molar-refractivity contribution in [2.75, 3.05) is 63.6 Å². The van der Waals surface area contributed by atoms with Gasteiger partial charge in [-0.1, -0.05) is 0 Å². The van der Waals surface area contributed by atoms with Gasteiger partial charge >= 0.3 is 0 Å². The van der Waals surface area contributed by atoms with Crippen LogP contribution in [0, 0.1) is 0 Å². The fraction of sp³-hybridized carbons (Fsp3) is 0.588. The first-order valence-corrected chi connectivity index (χ1v) is 10.4. The molecule has 1 heterocycles. The van der Waals surface area contributed by atoms with Crippen LogP contribution in [0.4, 0.5) is 5.69 Å². The molecule has 0 spiro atoms. The Hall–Kier alpha value is -1.84. The minimum absolute atomic E-state index is 0.0706. The molecule has 26 heavy (non-hydrogen) atoms. The second kappa shape index (κ2) is 9.75. The van der Waals surface area contributed by atoms with Crippen molar-refractivity contribution in [3.63, 3.8) is 0 Å². The van der Waals surface area contributed by atoms with Gasteiger partial charge in [0.15, 0.2) is 6.61 Å².